The summed E-state index contributed by atoms with van der Waals surface area (Å²) in [5.74, 6) is 0.829. The number of hydrogen-bond acceptors (Lipinski definition) is 4. The van der Waals surface area contributed by atoms with Gasteiger partial charge in [-0.1, -0.05) is 31.4 Å². The van der Waals surface area contributed by atoms with Crippen molar-refractivity contribution in [1.82, 2.24) is 0 Å². The van der Waals surface area contributed by atoms with Crippen LogP contribution in [0.25, 0.3) is 0 Å². The Morgan fingerprint density at radius 2 is 2.15 bits per heavy atom. The first-order valence-electron chi connectivity index (χ1n) is 7.58. The summed E-state index contributed by atoms with van der Waals surface area (Å²) in [6.07, 6.45) is 11.6. The number of allylic oxidation sites excluding steroid dienone is 4. The van der Waals surface area contributed by atoms with Gasteiger partial charge in [-0.25, -0.2) is 0 Å². The maximum absolute atomic E-state index is 11.8. The van der Waals surface area contributed by atoms with Gasteiger partial charge in [0.1, 0.15) is 12.4 Å². The molecule has 0 spiro atoms. The van der Waals surface area contributed by atoms with E-state index < -0.39 is 5.60 Å². The lowest BCUT2D eigenvalue weighted by molar-refractivity contribution is -0.121. The molecule has 3 N–H and O–H groups in total. The standard InChI is InChI=1S/C16H25NO3/c17-10-7-15(18)13-5-4-6-14(11-13)20-12-16(19)8-2-1-3-9-16/h4-6,13,19H,1-3,7-12,17H2. The highest BCUT2D eigenvalue weighted by Crippen LogP contribution is 2.30. The molecule has 0 aromatic rings. The fraction of sp³-hybridized carbons (Fsp3) is 0.688. The Balaban J connectivity index is 1.83. The van der Waals surface area contributed by atoms with Gasteiger partial charge in [0.25, 0.3) is 0 Å². The van der Waals surface area contributed by atoms with Crippen molar-refractivity contribution in [3.05, 3.63) is 24.0 Å². The summed E-state index contributed by atoms with van der Waals surface area (Å²) in [4.78, 5) is 11.8. The number of nitrogens with two attached hydrogens (primary N) is 1. The van der Waals surface area contributed by atoms with Gasteiger partial charge in [0.2, 0.25) is 0 Å². The van der Waals surface area contributed by atoms with E-state index in [1.807, 2.05) is 18.2 Å². The third-order valence-corrected chi connectivity index (χ3v) is 4.16. The van der Waals surface area contributed by atoms with Gasteiger partial charge in [0, 0.05) is 18.8 Å². The highest BCUT2D eigenvalue weighted by molar-refractivity contribution is 5.83. The molecule has 0 amide bonds. The van der Waals surface area contributed by atoms with Crippen molar-refractivity contribution in [3.63, 3.8) is 0 Å². The van der Waals surface area contributed by atoms with Crippen molar-refractivity contribution in [2.24, 2.45) is 11.7 Å². The molecule has 1 fully saturated rings. The van der Waals surface area contributed by atoms with Crippen LogP contribution < -0.4 is 5.73 Å². The van der Waals surface area contributed by atoms with Crippen molar-refractivity contribution >= 4 is 5.78 Å². The Morgan fingerprint density at radius 1 is 1.40 bits per heavy atom. The Kier molecular flexibility index (Phi) is 5.38. The van der Waals surface area contributed by atoms with Gasteiger partial charge in [-0.15, -0.1) is 0 Å². The highest BCUT2D eigenvalue weighted by atomic mass is 16.5. The Labute approximate surface area is 120 Å². The first-order valence-corrected chi connectivity index (χ1v) is 7.58. The summed E-state index contributed by atoms with van der Waals surface area (Å²) >= 11 is 0. The summed E-state index contributed by atoms with van der Waals surface area (Å²) in [5.41, 5.74) is 4.74. The quantitative estimate of drug-likeness (QED) is 0.780. The molecule has 0 bridgehead atoms. The maximum atomic E-state index is 11.8. The minimum Gasteiger partial charge on any atom is -0.495 e. The van der Waals surface area contributed by atoms with Crippen LogP contribution in [0.15, 0.2) is 24.0 Å². The van der Waals surface area contributed by atoms with E-state index in [4.69, 9.17) is 10.5 Å². The maximum Gasteiger partial charge on any atom is 0.141 e. The molecular weight excluding hydrogens is 254 g/mol. The highest BCUT2D eigenvalue weighted by Gasteiger charge is 2.30. The van der Waals surface area contributed by atoms with E-state index in [9.17, 15) is 9.90 Å². The number of carbonyl (C=O) groups is 1. The average molecular weight is 279 g/mol. The van der Waals surface area contributed by atoms with Crippen molar-refractivity contribution in [2.45, 2.75) is 50.5 Å². The van der Waals surface area contributed by atoms with Gasteiger partial charge in [-0.05, 0) is 25.5 Å². The van der Waals surface area contributed by atoms with Gasteiger partial charge in [0.15, 0.2) is 0 Å². The van der Waals surface area contributed by atoms with Crippen molar-refractivity contribution < 1.29 is 14.6 Å². The van der Waals surface area contributed by atoms with Crippen LogP contribution in [0.4, 0.5) is 0 Å². The van der Waals surface area contributed by atoms with Crippen LogP contribution in [0.3, 0.4) is 0 Å². The predicted octanol–water partition coefficient (Wildman–Crippen LogP) is 2.08. The Bertz CT molecular complexity index is 395. The van der Waals surface area contributed by atoms with E-state index in [2.05, 4.69) is 0 Å². The number of hydrogen-bond donors (Lipinski definition) is 2. The molecule has 2 aliphatic carbocycles. The molecule has 0 aromatic heterocycles. The lowest BCUT2D eigenvalue weighted by atomic mass is 9.85. The third-order valence-electron chi connectivity index (χ3n) is 4.16. The molecule has 1 saturated carbocycles. The average Bonchev–Trinajstić information content (AvgIpc) is 2.47. The topological polar surface area (TPSA) is 72.6 Å². The number of rotatable bonds is 6. The molecule has 1 atom stereocenters. The fourth-order valence-electron chi connectivity index (χ4n) is 2.89. The Morgan fingerprint density at radius 3 is 2.85 bits per heavy atom. The predicted molar refractivity (Wildman–Crippen MR) is 78.0 cm³/mol. The number of Topliss-reactive ketones (excluding diaryl/α,β-unsaturated/α-hetero) is 1. The molecular formula is C16H25NO3. The van der Waals surface area contributed by atoms with Crippen LogP contribution in [0.1, 0.15) is 44.9 Å². The minimum atomic E-state index is -0.684. The monoisotopic (exact) mass is 279 g/mol. The van der Waals surface area contributed by atoms with Gasteiger partial charge in [-0.3, -0.25) is 4.79 Å². The minimum absolute atomic E-state index is 0.125. The molecule has 0 aliphatic heterocycles. The molecule has 4 nitrogen and oxygen atoms in total. The van der Waals surface area contributed by atoms with Crippen LogP contribution in [0, 0.1) is 5.92 Å². The molecule has 0 heterocycles. The van der Waals surface area contributed by atoms with Gasteiger partial charge >= 0.3 is 0 Å². The zero-order chi connectivity index (χ0) is 14.4. The van der Waals surface area contributed by atoms with E-state index >= 15 is 0 Å². The molecule has 2 rings (SSSR count). The summed E-state index contributed by atoms with van der Waals surface area (Å²) < 4.78 is 5.76. The molecule has 2 aliphatic rings. The van der Waals surface area contributed by atoms with E-state index in [-0.39, 0.29) is 11.7 Å². The number of ketones is 1. The summed E-state index contributed by atoms with van der Waals surface area (Å²) in [7, 11) is 0. The van der Waals surface area contributed by atoms with E-state index in [0.717, 1.165) is 31.4 Å². The van der Waals surface area contributed by atoms with Crippen molar-refractivity contribution in [3.8, 4) is 0 Å². The lowest BCUT2D eigenvalue weighted by Crippen LogP contribution is -2.36. The third kappa shape index (κ3) is 4.18. The number of aliphatic hydroxyl groups is 1. The molecule has 112 valence electrons. The fourth-order valence-corrected chi connectivity index (χ4v) is 2.89. The van der Waals surface area contributed by atoms with Crippen LogP contribution in [-0.4, -0.2) is 29.6 Å². The van der Waals surface area contributed by atoms with Gasteiger partial charge in [0.05, 0.1) is 11.4 Å². The molecule has 1 unspecified atom stereocenters. The van der Waals surface area contributed by atoms with Crippen molar-refractivity contribution in [1.29, 1.82) is 0 Å². The summed E-state index contributed by atoms with van der Waals surface area (Å²) in [6.45, 7) is 0.729. The number of carbonyl (C=O) groups excluding carboxylic acids is 1. The SMILES string of the molecule is NCCC(=O)C1C=CC=C(OCC2(O)CCCCC2)C1. The Hall–Kier alpha value is -1.13. The smallest absolute Gasteiger partial charge is 0.141 e. The second-order valence-corrected chi connectivity index (χ2v) is 5.91. The molecule has 4 heteroatoms. The second kappa shape index (κ2) is 7.04. The summed E-state index contributed by atoms with van der Waals surface area (Å²) in [6, 6.07) is 0. The van der Waals surface area contributed by atoms with E-state index in [0.29, 0.717) is 26.0 Å². The lowest BCUT2D eigenvalue weighted by Gasteiger charge is -2.32. The van der Waals surface area contributed by atoms with Crippen molar-refractivity contribution in [2.75, 3.05) is 13.2 Å². The number of ether oxygens (including phenoxy) is 1. The first-order chi connectivity index (χ1) is 9.63. The zero-order valence-corrected chi connectivity index (χ0v) is 12.0. The van der Waals surface area contributed by atoms with Crippen LogP contribution in [-0.2, 0) is 9.53 Å². The normalized spacial score (nSPS) is 25.1. The molecule has 0 aromatic carbocycles. The van der Waals surface area contributed by atoms with Gasteiger partial charge in [-0.2, -0.15) is 0 Å². The van der Waals surface area contributed by atoms with E-state index in [1.165, 1.54) is 6.42 Å². The largest absolute Gasteiger partial charge is 0.495 e. The molecule has 20 heavy (non-hydrogen) atoms. The van der Waals surface area contributed by atoms with E-state index in [1.54, 1.807) is 0 Å². The zero-order valence-electron chi connectivity index (χ0n) is 12.0. The first kappa shape index (κ1) is 15.3. The van der Waals surface area contributed by atoms with Crippen LogP contribution in [0.2, 0.25) is 0 Å². The molecule has 0 saturated heterocycles. The van der Waals surface area contributed by atoms with Crippen LogP contribution in [0.5, 0.6) is 0 Å². The van der Waals surface area contributed by atoms with Crippen LogP contribution >= 0.6 is 0 Å². The molecule has 0 radical (unpaired) electrons. The summed E-state index contributed by atoms with van der Waals surface area (Å²) in [5, 5.41) is 10.4. The second-order valence-electron chi connectivity index (χ2n) is 5.91. The van der Waals surface area contributed by atoms with Gasteiger partial charge < -0.3 is 15.6 Å².